The molecule has 13 aromatic rings. The van der Waals surface area contributed by atoms with Crippen LogP contribution in [0.5, 0.6) is 0 Å². The molecular formula is C60H52Cl5F2N21O8. The van der Waals surface area contributed by atoms with Gasteiger partial charge in [-0.3, -0.25) is 4.79 Å². The zero-order chi connectivity index (χ0) is 66.9. The number of carboxylic acids is 1. The molecule has 0 unspecified atom stereocenters. The van der Waals surface area contributed by atoms with Gasteiger partial charge >= 0.3 is 11.9 Å². The number of esters is 1. The molecule has 0 radical (unpaired) electrons. The Morgan fingerprint density at radius 3 is 1.36 bits per heavy atom. The van der Waals surface area contributed by atoms with E-state index in [-0.39, 0.29) is 51.7 Å². The van der Waals surface area contributed by atoms with Gasteiger partial charge in [0.2, 0.25) is 0 Å². The van der Waals surface area contributed by atoms with Gasteiger partial charge in [-0.05, 0) is 37.3 Å². The number of nitrogens with two attached hydrogens (primary N) is 1. The van der Waals surface area contributed by atoms with Crippen molar-refractivity contribution in [3.05, 3.63) is 210 Å². The second-order valence-corrected chi connectivity index (χ2v) is 24.2. The number of carboxylic acid groups (broad SMARTS) is 1. The third kappa shape index (κ3) is 13.9. The third-order valence-electron chi connectivity index (χ3n) is 15.5. The van der Waals surface area contributed by atoms with Crippen LogP contribution in [0.2, 0.25) is 25.1 Å². The lowest BCUT2D eigenvalue weighted by molar-refractivity contribution is 0.00875. The maximum absolute atomic E-state index is 14.4. The summed E-state index contributed by atoms with van der Waals surface area (Å²) in [6.07, 6.45) is 21.7. The second kappa shape index (κ2) is 28.0. The first-order chi connectivity index (χ1) is 46.4. The van der Waals surface area contributed by atoms with E-state index in [9.17, 15) is 23.2 Å². The predicted molar refractivity (Wildman–Crippen MR) is 341 cm³/mol. The monoisotopic (exact) mass is 1410 g/mol. The number of hydrogen-bond acceptors (Lipinski definition) is 19. The Bertz CT molecular complexity index is 5070. The van der Waals surface area contributed by atoms with E-state index in [1.807, 2.05) is 56.2 Å². The average Bonchev–Trinajstić information content (AvgIpc) is 1.60. The van der Waals surface area contributed by atoms with E-state index >= 15 is 0 Å². The summed E-state index contributed by atoms with van der Waals surface area (Å²) in [6, 6.07) is 8.69. The van der Waals surface area contributed by atoms with Gasteiger partial charge in [0, 0.05) is 90.6 Å². The van der Waals surface area contributed by atoms with Crippen molar-refractivity contribution in [2.45, 2.75) is 57.4 Å². The first kappa shape index (κ1) is 65.1. The van der Waals surface area contributed by atoms with Gasteiger partial charge in [0.1, 0.15) is 28.0 Å². The number of pyridine rings is 5. The first-order valence-corrected chi connectivity index (χ1v) is 31.2. The minimum Gasteiger partial charge on any atom is -0.476 e. The van der Waals surface area contributed by atoms with Crippen molar-refractivity contribution in [3.63, 3.8) is 0 Å². The van der Waals surface area contributed by atoms with Gasteiger partial charge in [0.15, 0.2) is 28.7 Å². The molecule has 36 heteroatoms. The maximum atomic E-state index is 14.4. The van der Waals surface area contributed by atoms with E-state index in [1.54, 1.807) is 47.0 Å². The van der Waals surface area contributed by atoms with Crippen molar-refractivity contribution in [1.82, 2.24) is 97.2 Å². The van der Waals surface area contributed by atoms with E-state index in [0.717, 1.165) is 50.7 Å². The lowest BCUT2D eigenvalue weighted by Crippen LogP contribution is -2.25. The number of carbonyl (C=O) groups is 3. The molecule has 13 aromatic heterocycles. The molecule has 16 heterocycles. The Labute approximate surface area is 564 Å². The molecule has 3 aliphatic rings. The van der Waals surface area contributed by atoms with Gasteiger partial charge in [0.05, 0.1) is 157 Å². The van der Waals surface area contributed by atoms with Crippen LogP contribution in [0, 0.1) is 11.6 Å². The lowest BCUT2D eigenvalue weighted by Gasteiger charge is -2.26. The van der Waals surface area contributed by atoms with Crippen molar-refractivity contribution in [1.29, 1.82) is 0 Å². The molecule has 0 aliphatic carbocycles. The SMILES string of the molecule is CCOC(=O)c1cn(Cc2cn3cc(Cl)cc(C4COC4)c3n2)nn1.NCc1ncn2ccc(Cl)c(F)c12.O=C(NCc1ncn2ccc(Cl)c(F)c12)c1cn(Cc2cn3cc(Cl)cc(C4COC4)c3n2)nn1.O=C(O)c1cn(Cc2cn3cc(Cl)cc(C4COC4)c3n2)nn1. The fourth-order valence-electron chi connectivity index (χ4n) is 10.6. The maximum Gasteiger partial charge on any atom is 0.360 e. The molecule has 0 aromatic carbocycles. The molecule has 0 spiro atoms. The Balaban J connectivity index is 0.000000121. The fraction of sp³-hybridized carbons (Fsp3) is 0.267. The van der Waals surface area contributed by atoms with Gasteiger partial charge in [-0.2, -0.15) is 0 Å². The number of amides is 1. The minimum absolute atomic E-state index is 0.000306. The zero-order valence-electron chi connectivity index (χ0n) is 50.1. The van der Waals surface area contributed by atoms with Gasteiger partial charge in [-0.15, -0.1) is 15.3 Å². The van der Waals surface area contributed by atoms with Crippen LogP contribution in [0.15, 0.2) is 111 Å². The highest BCUT2D eigenvalue weighted by Gasteiger charge is 2.28. The first-order valence-electron chi connectivity index (χ1n) is 29.4. The molecule has 0 atom stereocenters. The smallest absolute Gasteiger partial charge is 0.360 e. The molecule has 4 N–H and O–H groups in total. The highest BCUT2D eigenvalue weighted by atomic mass is 35.5. The molecule has 3 fully saturated rings. The van der Waals surface area contributed by atoms with E-state index in [1.165, 1.54) is 50.9 Å². The molecule has 0 saturated carbocycles. The number of halogens is 7. The third-order valence-corrected chi connectivity index (χ3v) is 16.7. The molecule has 29 nitrogen and oxygen atoms in total. The average molecular weight is 1410 g/mol. The Morgan fingerprint density at radius 2 is 0.969 bits per heavy atom. The Morgan fingerprint density at radius 1 is 0.573 bits per heavy atom. The van der Waals surface area contributed by atoms with Gasteiger partial charge in [-0.1, -0.05) is 73.6 Å². The largest absolute Gasteiger partial charge is 0.476 e. The standard InChI is InChI=1S/C22H17Cl2FN8O2.C16H16ClN5O3.C14H12ClN5O3.C8H7ClFN3/c23-13-3-15(12-9-35-10-12)21-28-14(6-32(21)5-13)7-33-8-18(29-30-33)22(34)26-4-17-20-19(25)16(24)1-2-31(20)11-27-17;1-2-25-16(23)14-7-22(20-19-14)6-12-5-21-4-11(17)3-13(15(21)18-12)10-8-24-9-10;15-9-1-11(8-6-23-7-8)13-16-10(3-19(13)2-9)4-20-5-12(14(21)22)17-18-20;9-5-1-2-13-4-12-6(3-11)8(13)7(5)10/h1-3,5-6,8,11-12H,4,7,9-10H2,(H,26,34);3-5,7,10H,2,6,8-9H2,1H3;1-3,5,8H,4,6-7H2,(H,21,22);1-2,4H,3,11H2. The second-order valence-electron chi connectivity index (χ2n) is 22.1. The quantitative estimate of drug-likeness (QED) is 0.0770. The summed E-state index contributed by atoms with van der Waals surface area (Å²) >= 11 is 30.2. The molecule has 3 saturated heterocycles. The summed E-state index contributed by atoms with van der Waals surface area (Å²) in [4.78, 5) is 57.3. The topological polar surface area (TPSA) is 325 Å². The highest BCUT2D eigenvalue weighted by molar-refractivity contribution is 6.32. The van der Waals surface area contributed by atoms with E-state index < -0.39 is 29.5 Å². The number of rotatable bonds is 16. The molecule has 494 valence electrons. The Kier molecular flexibility index (Phi) is 19.0. The summed E-state index contributed by atoms with van der Waals surface area (Å²) in [6.45, 7) is 7.29. The van der Waals surface area contributed by atoms with Crippen molar-refractivity contribution in [2.75, 3.05) is 46.2 Å². The van der Waals surface area contributed by atoms with Crippen LogP contribution in [0.4, 0.5) is 8.78 Å². The number of nitrogens with zero attached hydrogens (tertiary/aromatic N) is 19. The summed E-state index contributed by atoms with van der Waals surface area (Å²) in [5.41, 5.74) is 15.0. The summed E-state index contributed by atoms with van der Waals surface area (Å²) < 4.78 is 61.8. The molecular weight excluding hydrogens is 1360 g/mol. The number of carbonyl (C=O) groups excluding carboxylic acids is 2. The van der Waals surface area contributed by atoms with E-state index in [0.29, 0.717) is 110 Å². The van der Waals surface area contributed by atoms with Crippen molar-refractivity contribution in [3.8, 4) is 0 Å². The minimum atomic E-state index is -1.11. The number of imidazole rings is 5. The molecule has 16 rings (SSSR count). The number of fused-ring (bicyclic) bond motifs is 5. The van der Waals surface area contributed by atoms with Crippen LogP contribution in [0.25, 0.3) is 28.0 Å². The molecule has 0 bridgehead atoms. The van der Waals surface area contributed by atoms with Crippen molar-refractivity contribution < 1.29 is 47.2 Å². The molecule has 3 aliphatic heterocycles. The highest BCUT2D eigenvalue weighted by Crippen LogP contribution is 2.33. The zero-order valence-corrected chi connectivity index (χ0v) is 53.9. The molecule has 96 heavy (non-hydrogen) atoms. The number of aromatic nitrogens is 19. The van der Waals surface area contributed by atoms with Crippen LogP contribution >= 0.6 is 58.0 Å². The number of nitrogens with one attached hydrogen (secondary N) is 1. The normalized spacial score (nSPS) is 14.0. The van der Waals surface area contributed by atoms with Crippen LogP contribution < -0.4 is 11.1 Å². The van der Waals surface area contributed by atoms with Crippen LogP contribution in [0.1, 0.15) is 101 Å². The number of hydrogen-bond donors (Lipinski definition) is 3. The van der Waals surface area contributed by atoms with Gasteiger partial charge < -0.3 is 57.1 Å². The van der Waals surface area contributed by atoms with Crippen LogP contribution in [-0.4, -0.2) is 161 Å². The summed E-state index contributed by atoms with van der Waals surface area (Å²) in [5.74, 6) is -2.23. The summed E-state index contributed by atoms with van der Waals surface area (Å²) in [5, 5.41) is 36.7. The lowest BCUT2D eigenvalue weighted by atomic mass is 9.99. The fourth-order valence-corrected chi connectivity index (χ4v) is 11.6. The van der Waals surface area contributed by atoms with Crippen LogP contribution in [0.3, 0.4) is 0 Å². The summed E-state index contributed by atoms with van der Waals surface area (Å²) in [7, 11) is 0. The number of ether oxygens (including phenoxy) is 4. The predicted octanol–water partition coefficient (Wildman–Crippen LogP) is 8.05. The Hall–Kier alpha value is -9.57. The van der Waals surface area contributed by atoms with E-state index in [4.69, 9.17) is 92.8 Å². The van der Waals surface area contributed by atoms with Crippen molar-refractivity contribution >= 4 is 104 Å². The van der Waals surface area contributed by atoms with Gasteiger partial charge in [0.25, 0.3) is 5.91 Å². The van der Waals surface area contributed by atoms with Gasteiger partial charge in [-0.25, -0.2) is 57.3 Å². The molecule has 1 amide bonds. The van der Waals surface area contributed by atoms with Crippen LogP contribution in [-0.2, 0) is 51.7 Å². The number of aromatic carboxylic acids is 1. The van der Waals surface area contributed by atoms with Crippen molar-refractivity contribution in [2.24, 2.45) is 5.73 Å². The van der Waals surface area contributed by atoms with E-state index in [2.05, 4.69) is 56.2 Å².